The summed E-state index contributed by atoms with van der Waals surface area (Å²) in [7, 11) is 1.32. The SMILES string of the molecule is COC(=O)CCN(CCCOC(C)C)C(=O)c1cccc(NC(C)=O)c1. The maximum atomic E-state index is 12.8. The van der Waals surface area contributed by atoms with E-state index in [9.17, 15) is 14.4 Å². The fourth-order valence-corrected chi connectivity index (χ4v) is 2.33. The minimum atomic E-state index is -0.367. The lowest BCUT2D eigenvalue weighted by atomic mass is 10.1. The Labute approximate surface area is 154 Å². The number of esters is 1. The maximum Gasteiger partial charge on any atom is 0.307 e. The molecule has 0 aromatic heterocycles. The van der Waals surface area contributed by atoms with E-state index in [1.807, 2.05) is 13.8 Å². The Morgan fingerprint density at radius 3 is 2.54 bits per heavy atom. The van der Waals surface area contributed by atoms with Gasteiger partial charge in [-0.3, -0.25) is 14.4 Å². The van der Waals surface area contributed by atoms with Crippen molar-refractivity contribution in [1.82, 2.24) is 4.90 Å². The first-order valence-electron chi connectivity index (χ1n) is 8.68. The average Bonchev–Trinajstić information content (AvgIpc) is 2.59. The van der Waals surface area contributed by atoms with Gasteiger partial charge in [-0.1, -0.05) is 6.07 Å². The number of benzene rings is 1. The topological polar surface area (TPSA) is 84.9 Å². The first-order valence-corrected chi connectivity index (χ1v) is 8.68. The Kier molecular flexibility index (Phi) is 9.36. The molecule has 7 heteroatoms. The van der Waals surface area contributed by atoms with Gasteiger partial charge in [-0.15, -0.1) is 0 Å². The minimum Gasteiger partial charge on any atom is -0.469 e. The zero-order valence-electron chi connectivity index (χ0n) is 15.9. The van der Waals surface area contributed by atoms with Crippen LogP contribution in [0.3, 0.4) is 0 Å². The fourth-order valence-electron chi connectivity index (χ4n) is 2.33. The summed E-state index contributed by atoms with van der Waals surface area (Å²) in [5, 5.41) is 2.66. The standard InChI is InChI=1S/C19H28N2O5/c1-14(2)26-12-6-10-21(11-9-18(23)25-4)19(24)16-7-5-8-17(13-16)20-15(3)22/h5,7-8,13-14H,6,9-12H2,1-4H3,(H,20,22). The number of anilines is 1. The summed E-state index contributed by atoms with van der Waals surface area (Å²) in [6.45, 7) is 6.57. The predicted molar refractivity (Wildman–Crippen MR) is 99.0 cm³/mol. The maximum absolute atomic E-state index is 12.8. The van der Waals surface area contributed by atoms with Gasteiger partial charge in [-0.25, -0.2) is 0 Å². The molecule has 7 nitrogen and oxygen atoms in total. The van der Waals surface area contributed by atoms with Gasteiger partial charge in [0.15, 0.2) is 0 Å². The van der Waals surface area contributed by atoms with E-state index in [2.05, 4.69) is 10.1 Å². The molecule has 0 bridgehead atoms. The molecule has 0 aliphatic carbocycles. The van der Waals surface area contributed by atoms with Crippen LogP contribution in [0.4, 0.5) is 5.69 Å². The van der Waals surface area contributed by atoms with Gasteiger partial charge in [0.25, 0.3) is 5.91 Å². The molecule has 2 amide bonds. The summed E-state index contributed by atoms with van der Waals surface area (Å²) >= 11 is 0. The number of ether oxygens (including phenoxy) is 2. The molecule has 0 fully saturated rings. The Morgan fingerprint density at radius 2 is 1.92 bits per heavy atom. The van der Waals surface area contributed by atoms with Crippen molar-refractivity contribution in [1.29, 1.82) is 0 Å². The Balaban J connectivity index is 2.80. The Hall–Kier alpha value is -2.41. The van der Waals surface area contributed by atoms with Crippen molar-refractivity contribution in [2.24, 2.45) is 0 Å². The highest BCUT2D eigenvalue weighted by Gasteiger charge is 2.17. The lowest BCUT2D eigenvalue weighted by molar-refractivity contribution is -0.140. The molecule has 0 atom stereocenters. The largest absolute Gasteiger partial charge is 0.469 e. The van der Waals surface area contributed by atoms with Gasteiger partial charge in [-0.05, 0) is 38.5 Å². The first-order chi connectivity index (χ1) is 12.3. The van der Waals surface area contributed by atoms with E-state index < -0.39 is 0 Å². The number of rotatable bonds is 10. The molecule has 1 rings (SSSR count). The van der Waals surface area contributed by atoms with Gasteiger partial charge in [-0.2, -0.15) is 0 Å². The smallest absolute Gasteiger partial charge is 0.307 e. The van der Waals surface area contributed by atoms with E-state index in [1.165, 1.54) is 14.0 Å². The Bertz CT molecular complexity index is 616. The van der Waals surface area contributed by atoms with Gasteiger partial charge < -0.3 is 19.7 Å². The van der Waals surface area contributed by atoms with E-state index in [0.29, 0.717) is 30.8 Å². The van der Waals surface area contributed by atoms with E-state index in [4.69, 9.17) is 4.74 Å². The van der Waals surface area contributed by atoms with E-state index in [-0.39, 0.29) is 36.9 Å². The van der Waals surface area contributed by atoms with Crippen LogP contribution >= 0.6 is 0 Å². The third-order valence-corrected chi connectivity index (χ3v) is 3.55. The van der Waals surface area contributed by atoms with Gasteiger partial charge in [0, 0.05) is 37.9 Å². The Morgan fingerprint density at radius 1 is 1.19 bits per heavy atom. The van der Waals surface area contributed by atoms with Crippen LogP contribution in [-0.4, -0.2) is 55.6 Å². The second-order valence-electron chi connectivity index (χ2n) is 6.15. The van der Waals surface area contributed by atoms with Crippen LogP contribution in [-0.2, 0) is 19.1 Å². The molecule has 0 radical (unpaired) electrons. The number of amides is 2. The van der Waals surface area contributed by atoms with Crippen LogP contribution in [0.5, 0.6) is 0 Å². The van der Waals surface area contributed by atoms with E-state index in [0.717, 1.165) is 0 Å². The summed E-state index contributed by atoms with van der Waals surface area (Å²) < 4.78 is 10.2. The van der Waals surface area contributed by atoms with Gasteiger partial charge in [0.05, 0.1) is 19.6 Å². The van der Waals surface area contributed by atoms with Crippen LogP contribution in [0.1, 0.15) is 44.0 Å². The number of hydrogen-bond acceptors (Lipinski definition) is 5. The highest BCUT2D eigenvalue weighted by molar-refractivity contribution is 5.97. The lowest BCUT2D eigenvalue weighted by Crippen LogP contribution is -2.34. The number of hydrogen-bond donors (Lipinski definition) is 1. The number of methoxy groups -OCH3 is 1. The molecule has 1 aromatic carbocycles. The highest BCUT2D eigenvalue weighted by Crippen LogP contribution is 2.14. The summed E-state index contributed by atoms with van der Waals surface area (Å²) in [5.41, 5.74) is 1.00. The van der Waals surface area contributed by atoms with Crippen LogP contribution < -0.4 is 5.32 Å². The molecule has 0 aliphatic heterocycles. The molecule has 0 saturated carbocycles. The van der Waals surface area contributed by atoms with Crippen LogP contribution in [0.2, 0.25) is 0 Å². The first kappa shape index (κ1) is 21.6. The molecule has 0 heterocycles. The molecule has 144 valence electrons. The van der Waals surface area contributed by atoms with Crippen LogP contribution in [0, 0.1) is 0 Å². The third kappa shape index (κ3) is 8.11. The van der Waals surface area contributed by atoms with E-state index in [1.54, 1.807) is 29.2 Å². The molecule has 1 aromatic rings. The van der Waals surface area contributed by atoms with Crippen molar-refractivity contribution in [2.45, 2.75) is 39.7 Å². The summed E-state index contributed by atoms with van der Waals surface area (Å²) in [6, 6.07) is 6.73. The number of nitrogens with one attached hydrogen (secondary N) is 1. The van der Waals surface area contributed by atoms with E-state index >= 15 is 0 Å². The summed E-state index contributed by atoms with van der Waals surface area (Å²) in [4.78, 5) is 37.1. The zero-order chi connectivity index (χ0) is 19.5. The fraction of sp³-hybridized carbons (Fsp3) is 0.526. The molecule has 0 spiro atoms. The molecule has 0 unspecified atom stereocenters. The molecule has 1 N–H and O–H groups in total. The molecular weight excluding hydrogens is 336 g/mol. The number of nitrogens with zero attached hydrogens (tertiary/aromatic N) is 1. The normalized spacial score (nSPS) is 10.5. The van der Waals surface area contributed by atoms with Crippen molar-refractivity contribution in [3.05, 3.63) is 29.8 Å². The zero-order valence-corrected chi connectivity index (χ0v) is 15.9. The van der Waals surface area contributed by atoms with Crippen molar-refractivity contribution in [3.63, 3.8) is 0 Å². The van der Waals surface area contributed by atoms with Crippen LogP contribution in [0.15, 0.2) is 24.3 Å². The van der Waals surface area contributed by atoms with Crippen LogP contribution in [0.25, 0.3) is 0 Å². The molecule has 26 heavy (non-hydrogen) atoms. The summed E-state index contributed by atoms with van der Waals surface area (Å²) in [5.74, 6) is -0.776. The van der Waals surface area contributed by atoms with Crippen molar-refractivity contribution in [3.8, 4) is 0 Å². The minimum absolute atomic E-state index is 0.124. The highest BCUT2D eigenvalue weighted by atomic mass is 16.5. The predicted octanol–water partition coefficient (Wildman–Crippen LogP) is 2.47. The quantitative estimate of drug-likeness (QED) is 0.509. The molecule has 0 saturated heterocycles. The number of carbonyl (C=O) groups is 3. The second kappa shape index (κ2) is 11.3. The van der Waals surface area contributed by atoms with Gasteiger partial charge in [0.1, 0.15) is 0 Å². The lowest BCUT2D eigenvalue weighted by Gasteiger charge is -2.23. The van der Waals surface area contributed by atoms with Crippen molar-refractivity contribution >= 4 is 23.5 Å². The third-order valence-electron chi connectivity index (χ3n) is 3.55. The van der Waals surface area contributed by atoms with Crippen molar-refractivity contribution in [2.75, 3.05) is 32.1 Å². The molecule has 0 aliphatic rings. The van der Waals surface area contributed by atoms with Gasteiger partial charge in [0.2, 0.25) is 5.91 Å². The monoisotopic (exact) mass is 364 g/mol. The number of carbonyl (C=O) groups excluding carboxylic acids is 3. The molecular formula is C19H28N2O5. The van der Waals surface area contributed by atoms with Crippen molar-refractivity contribution < 1.29 is 23.9 Å². The second-order valence-corrected chi connectivity index (χ2v) is 6.15. The summed E-state index contributed by atoms with van der Waals surface area (Å²) in [6.07, 6.45) is 0.915. The van der Waals surface area contributed by atoms with Gasteiger partial charge >= 0.3 is 5.97 Å². The average molecular weight is 364 g/mol.